The van der Waals surface area contributed by atoms with Crippen LogP contribution in [0.15, 0.2) is 30.3 Å². The Kier molecular flexibility index (Phi) is 3.97. The van der Waals surface area contributed by atoms with E-state index in [2.05, 4.69) is 0 Å². The van der Waals surface area contributed by atoms with Crippen LogP contribution in [0.3, 0.4) is 0 Å². The number of rotatable bonds is 3. The van der Waals surface area contributed by atoms with Gasteiger partial charge in [-0.15, -0.1) is 0 Å². The van der Waals surface area contributed by atoms with Crippen LogP contribution in [0.1, 0.15) is 52.5 Å². The van der Waals surface area contributed by atoms with E-state index in [1.165, 1.54) is 0 Å². The number of aliphatic hydroxyl groups is 1. The molecule has 27 heavy (non-hydrogen) atoms. The summed E-state index contributed by atoms with van der Waals surface area (Å²) < 4.78 is 11.0. The van der Waals surface area contributed by atoms with E-state index in [9.17, 15) is 14.7 Å². The highest BCUT2D eigenvalue weighted by molar-refractivity contribution is 5.90. The standard InChI is InChI=1S/C22H28O5/c1-13(2)16-20(18(23)26-16)10-11-22(25,15-8-6-5-7-9-15)21(12-20)17(14(3)4)27-19(21)24/h5-9,13-14,16-17,25H,10-12H2,1-4H3/t16-,17-,20-,21+,22-/m0/s1. The largest absolute Gasteiger partial charge is 0.460 e. The normalized spacial score (nSPS) is 40.7. The van der Waals surface area contributed by atoms with E-state index < -0.39 is 28.5 Å². The van der Waals surface area contributed by atoms with Gasteiger partial charge in [0.1, 0.15) is 28.6 Å². The lowest BCUT2D eigenvalue weighted by molar-refractivity contribution is -0.302. The number of esters is 2. The minimum Gasteiger partial charge on any atom is -0.460 e. The second kappa shape index (κ2) is 5.81. The molecule has 3 fully saturated rings. The van der Waals surface area contributed by atoms with E-state index in [0.29, 0.717) is 12.8 Å². The zero-order valence-corrected chi connectivity index (χ0v) is 16.4. The van der Waals surface area contributed by atoms with Crippen LogP contribution in [-0.2, 0) is 24.7 Å². The molecule has 146 valence electrons. The van der Waals surface area contributed by atoms with Gasteiger partial charge in [0.25, 0.3) is 0 Å². The number of carbonyl (C=O) groups excluding carboxylic acids is 2. The molecular formula is C22H28O5. The lowest BCUT2D eigenvalue weighted by Crippen LogP contribution is -2.75. The van der Waals surface area contributed by atoms with E-state index in [-0.39, 0.29) is 30.3 Å². The van der Waals surface area contributed by atoms with E-state index in [4.69, 9.17) is 9.47 Å². The van der Waals surface area contributed by atoms with Crippen molar-refractivity contribution in [2.24, 2.45) is 22.7 Å². The summed E-state index contributed by atoms with van der Waals surface area (Å²) >= 11 is 0. The van der Waals surface area contributed by atoms with Crippen molar-refractivity contribution in [1.29, 1.82) is 0 Å². The first-order valence-electron chi connectivity index (χ1n) is 9.89. The zero-order chi connectivity index (χ0) is 19.6. The number of hydrogen-bond donors (Lipinski definition) is 1. The van der Waals surface area contributed by atoms with Gasteiger partial charge in [-0.3, -0.25) is 9.59 Å². The third kappa shape index (κ3) is 2.15. The van der Waals surface area contributed by atoms with Crippen molar-refractivity contribution < 1.29 is 24.2 Å². The first-order valence-corrected chi connectivity index (χ1v) is 9.89. The van der Waals surface area contributed by atoms with E-state index in [0.717, 1.165) is 5.56 Å². The fraction of sp³-hybridized carbons (Fsp3) is 0.636. The molecule has 5 nitrogen and oxygen atoms in total. The van der Waals surface area contributed by atoms with Gasteiger partial charge in [0.05, 0.1) is 0 Å². The zero-order valence-electron chi connectivity index (χ0n) is 16.4. The molecule has 3 aliphatic rings. The second-order valence-electron chi connectivity index (χ2n) is 9.17. The molecule has 5 atom stereocenters. The highest BCUT2D eigenvalue weighted by Crippen LogP contribution is 2.67. The number of cyclic esters (lactones) is 2. The van der Waals surface area contributed by atoms with E-state index in [1.807, 2.05) is 58.0 Å². The molecule has 0 bridgehead atoms. The van der Waals surface area contributed by atoms with Crippen LogP contribution in [0.2, 0.25) is 0 Å². The van der Waals surface area contributed by atoms with Crippen LogP contribution in [-0.4, -0.2) is 29.3 Å². The Morgan fingerprint density at radius 3 is 2.04 bits per heavy atom. The van der Waals surface area contributed by atoms with Crippen LogP contribution < -0.4 is 0 Å². The van der Waals surface area contributed by atoms with Gasteiger partial charge in [-0.05, 0) is 36.7 Å². The van der Waals surface area contributed by atoms with E-state index in [1.54, 1.807) is 0 Å². The molecule has 5 heteroatoms. The maximum absolute atomic E-state index is 13.0. The maximum Gasteiger partial charge on any atom is 0.319 e. The molecule has 2 heterocycles. The Bertz CT molecular complexity index is 772. The van der Waals surface area contributed by atoms with Gasteiger partial charge < -0.3 is 14.6 Å². The summed E-state index contributed by atoms with van der Waals surface area (Å²) in [5, 5.41) is 11.9. The maximum atomic E-state index is 13.0. The Morgan fingerprint density at radius 2 is 1.52 bits per heavy atom. The fourth-order valence-electron chi connectivity index (χ4n) is 5.73. The molecule has 2 saturated heterocycles. The topological polar surface area (TPSA) is 72.8 Å². The van der Waals surface area contributed by atoms with Crippen molar-refractivity contribution in [3.63, 3.8) is 0 Å². The minimum atomic E-state index is -1.35. The van der Waals surface area contributed by atoms with Crippen molar-refractivity contribution >= 4 is 11.9 Å². The Morgan fingerprint density at radius 1 is 0.926 bits per heavy atom. The van der Waals surface area contributed by atoms with Gasteiger partial charge >= 0.3 is 11.9 Å². The first-order chi connectivity index (χ1) is 12.7. The third-order valence-electron chi connectivity index (χ3n) is 7.00. The summed E-state index contributed by atoms with van der Waals surface area (Å²) in [7, 11) is 0. The molecule has 2 spiro atoms. The number of hydrogen-bond acceptors (Lipinski definition) is 5. The molecular weight excluding hydrogens is 344 g/mol. The Hall–Kier alpha value is -1.88. The average Bonchev–Trinajstić information content (AvgIpc) is 2.64. The smallest absolute Gasteiger partial charge is 0.319 e. The highest BCUT2D eigenvalue weighted by Gasteiger charge is 2.78. The summed E-state index contributed by atoms with van der Waals surface area (Å²) in [4.78, 5) is 25.6. The van der Waals surface area contributed by atoms with E-state index >= 15 is 0 Å². The van der Waals surface area contributed by atoms with Crippen LogP contribution in [0, 0.1) is 22.7 Å². The molecule has 0 radical (unpaired) electrons. The first kappa shape index (κ1) is 18.5. The molecule has 0 aromatic heterocycles. The summed E-state index contributed by atoms with van der Waals surface area (Å²) in [5.41, 5.74) is -2.45. The van der Waals surface area contributed by atoms with Crippen LogP contribution in [0.4, 0.5) is 0 Å². The highest BCUT2D eigenvalue weighted by atomic mass is 16.6. The lowest BCUT2D eigenvalue weighted by Gasteiger charge is -2.65. The van der Waals surface area contributed by atoms with Crippen LogP contribution in [0.5, 0.6) is 0 Å². The number of benzene rings is 1. The van der Waals surface area contributed by atoms with Gasteiger partial charge in [0.2, 0.25) is 0 Å². The van der Waals surface area contributed by atoms with Crippen LogP contribution in [0.25, 0.3) is 0 Å². The summed E-state index contributed by atoms with van der Waals surface area (Å²) in [6.45, 7) is 8.04. The van der Waals surface area contributed by atoms with Crippen LogP contribution >= 0.6 is 0 Å². The van der Waals surface area contributed by atoms with Crippen molar-refractivity contribution in [3.8, 4) is 0 Å². The molecule has 1 aliphatic carbocycles. The van der Waals surface area contributed by atoms with Crippen molar-refractivity contribution in [2.75, 3.05) is 0 Å². The molecule has 4 rings (SSSR count). The Labute approximate surface area is 160 Å². The quantitative estimate of drug-likeness (QED) is 0.825. The predicted octanol–water partition coefficient (Wildman–Crippen LogP) is 3.19. The molecule has 0 unspecified atom stereocenters. The average molecular weight is 372 g/mol. The van der Waals surface area contributed by atoms with Gasteiger partial charge in [-0.25, -0.2) is 0 Å². The number of carbonyl (C=O) groups is 2. The monoisotopic (exact) mass is 372 g/mol. The molecule has 1 saturated carbocycles. The lowest BCUT2D eigenvalue weighted by atomic mass is 9.45. The van der Waals surface area contributed by atoms with Gasteiger partial charge in [0, 0.05) is 0 Å². The molecule has 1 aromatic carbocycles. The van der Waals surface area contributed by atoms with Gasteiger partial charge in [-0.1, -0.05) is 58.0 Å². The molecule has 1 N–H and O–H groups in total. The van der Waals surface area contributed by atoms with Crippen molar-refractivity contribution in [3.05, 3.63) is 35.9 Å². The summed E-state index contributed by atoms with van der Waals surface area (Å²) in [6.07, 6.45) is 0.500. The number of ether oxygens (including phenoxy) is 2. The molecule has 2 aliphatic heterocycles. The molecule has 1 aromatic rings. The summed E-state index contributed by atoms with van der Waals surface area (Å²) in [5.74, 6) is -0.426. The minimum absolute atomic E-state index is 0.0432. The molecule has 0 amide bonds. The predicted molar refractivity (Wildman–Crippen MR) is 98.5 cm³/mol. The third-order valence-corrected chi connectivity index (χ3v) is 7.00. The van der Waals surface area contributed by atoms with Gasteiger partial charge in [-0.2, -0.15) is 0 Å². The summed E-state index contributed by atoms with van der Waals surface area (Å²) in [6, 6.07) is 9.35. The van der Waals surface area contributed by atoms with Crippen molar-refractivity contribution in [1.82, 2.24) is 0 Å². The van der Waals surface area contributed by atoms with Gasteiger partial charge in [0.15, 0.2) is 0 Å². The fourth-order valence-corrected chi connectivity index (χ4v) is 5.73. The Balaban J connectivity index is 1.84. The SMILES string of the molecule is CC(C)[C@@H]1OC(=O)[C@]12CC[C@](O)(c1ccccc1)[C@@]1(C2)C(=O)O[C@H]1C(C)C. The second-order valence-corrected chi connectivity index (χ2v) is 9.17. The van der Waals surface area contributed by atoms with Crippen molar-refractivity contribution in [2.45, 2.75) is 64.8 Å².